The number of halogens is 2. The summed E-state index contributed by atoms with van der Waals surface area (Å²) < 4.78 is 0. The van der Waals surface area contributed by atoms with Crippen molar-refractivity contribution in [3.05, 3.63) is 63.1 Å². The van der Waals surface area contributed by atoms with Crippen LogP contribution in [0.25, 0.3) is 0 Å². The van der Waals surface area contributed by atoms with Gasteiger partial charge in [0.25, 0.3) is 0 Å². The van der Waals surface area contributed by atoms with Gasteiger partial charge in [0.15, 0.2) is 5.11 Å². The minimum atomic E-state index is 0.605. The summed E-state index contributed by atoms with van der Waals surface area (Å²) in [4.78, 5) is 0. The molecule has 2 nitrogen and oxygen atoms in total. The Bertz CT molecular complexity index is 686. The maximum absolute atomic E-state index is 6.15. The van der Waals surface area contributed by atoms with E-state index in [-0.39, 0.29) is 0 Å². The number of anilines is 1. The number of hydrogen-bond acceptors (Lipinski definition) is 1. The van der Waals surface area contributed by atoms with Crippen molar-refractivity contribution in [3.63, 3.8) is 0 Å². The molecule has 0 heterocycles. The number of aryl methyl sites for hydroxylation is 2. The lowest BCUT2D eigenvalue weighted by Crippen LogP contribution is -2.30. The molecule has 0 unspecified atom stereocenters. The predicted molar refractivity (Wildman–Crippen MR) is 100 cm³/mol. The third kappa shape index (κ3) is 4.87. The zero-order valence-corrected chi connectivity index (χ0v) is 14.9. The third-order valence-corrected chi connectivity index (χ3v) is 4.29. The molecule has 0 spiro atoms. The molecule has 0 aliphatic rings. The van der Waals surface area contributed by atoms with Crippen LogP contribution in [0.1, 0.15) is 16.7 Å². The summed E-state index contributed by atoms with van der Waals surface area (Å²) >= 11 is 17.3. The SMILES string of the molecule is Cc1ccc(NC(=S)NCCc2ccc(Cl)cc2Cl)cc1C. The minimum Gasteiger partial charge on any atom is -0.362 e. The average Bonchev–Trinajstić information content (AvgIpc) is 2.45. The maximum atomic E-state index is 6.15. The van der Waals surface area contributed by atoms with Gasteiger partial charge < -0.3 is 10.6 Å². The molecule has 0 bridgehead atoms. The number of nitrogens with one attached hydrogen (secondary N) is 2. The van der Waals surface area contributed by atoms with Gasteiger partial charge in [-0.15, -0.1) is 0 Å². The molecular formula is C17H18Cl2N2S. The van der Waals surface area contributed by atoms with Crippen LogP contribution < -0.4 is 10.6 Å². The summed E-state index contributed by atoms with van der Waals surface area (Å²) in [7, 11) is 0. The smallest absolute Gasteiger partial charge is 0.170 e. The van der Waals surface area contributed by atoms with E-state index in [1.807, 2.05) is 18.2 Å². The summed E-state index contributed by atoms with van der Waals surface area (Å²) in [5, 5.41) is 8.30. The van der Waals surface area contributed by atoms with E-state index in [1.165, 1.54) is 11.1 Å². The summed E-state index contributed by atoms with van der Waals surface area (Å²) in [5.74, 6) is 0. The second kappa shape index (κ2) is 7.82. The van der Waals surface area contributed by atoms with Gasteiger partial charge in [0.1, 0.15) is 0 Å². The molecule has 5 heteroatoms. The Hall–Kier alpha value is -1.29. The van der Waals surface area contributed by atoms with Crippen molar-refractivity contribution in [2.75, 3.05) is 11.9 Å². The molecule has 0 aliphatic heterocycles. The van der Waals surface area contributed by atoms with Gasteiger partial charge in [0.05, 0.1) is 0 Å². The topological polar surface area (TPSA) is 24.1 Å². The quantitative estimate of drug-likeness (QED) is 0.745. The van der Waals surface area contributed by atoms with E-state index in [9.17, 15) is 0 Å². The standard InChI is InChI=1S/C17H18Cl2N2S/c1-11-3-6-15(9-12(11)2)21-17(22)20-8-7-13-4-5-14(18)10-16(13)19/h3-6,9-10H,7-8H2,1-2H3,(H2,20,21,22). The van der Waals surface area contributed by atoms with E-state index in [4.69, 9.17) is 35.4 Å². The Morgan fingerprint density at radius 3 is 2.50 bits per heavy atom. The van der Waals surface area contributed by atoms with Crippen molar-refractivity contribution in [3.8, 4) is 0 Å². The van der Waals surface area contributed by atoms with Crippen molar-refractivity contribution in [2.24, 2.45) is 0 Å². The molecule has 0 atom stereocenters. The van der Waals surface area contributed by atoms with E-state index in [1.54, 1.807) is 6.07 Å². The van der Waals surface area contributed by atoms with Crippen LogP contribution in [-0.4, -0.2) is 11.7 Å². The van der Waals surface area contributed by atoms with E-state index in [2.05, 4.69) is 36.6 Å². The zero-order valence-electron chi connectivity index (χ0n) is 12.5. The molecule has 2 aromatic rings. The van der Waals surface area contributed by atoms with Crippen LogP contribution in [0.5, 0.6) is 0 Å². The third-order valence-electron chi connectivity index (χ3n) is 3.46. The van der Waals surface area contributed by atoms with Gasteiger partial charge in [-0.25, -0.2) is 0 Å². The highest BCUT2D eigenvalue weighted by atomic mass is 35.5. The van der Waals surface area contributed by atoms with Crippen molar-refractivity contribution in [2.45, 2.75) is 20.3 Å². The van der Waals surface area contributed by atoms with Gasteiger partial charge in [-0.2, -0.15) is 0 Å². The second-order valence-corrected chi connectivity index (χ2v) is 6.42. The molecule has 22 heavy (non-hydrogen) atoms. The predicted octanol–water partition coefficient (Wildman–Crippen LogP) is 5.14. The Balaban J connectivity index is 1.83. The molecule has 2 N–H and O–H groups in total. The number of rotatable bonds is 4. The van der Waals surface area contributed by atoms with Crippen molar-refractivity contribution < 1.29 is 0 Å². The fourth-order valence-electron chi connectivity index (χ4n) is 2.03. The van der Waals surface area contributed by atoms with E-state index < -0.39 is 0 Å². The molecule has 0 radical (unpaired) electrons. The molecule has 2 aromatic carbocycles. The van der Waals surface area contributed by atoms with Crippen LogP contribution in [0.15, 0.2) is 36.4 Å². The Labute approximate surface area is 146 Å². The Kier molecular flexibility index (Phi) is 6.07. The maximum Gasteiger partial charge on any atom is 0.170 e. The Morgan fingerprint density at radius 2 is 1.82 bits per heavy atom. The molecule has 0 amide bonds. The van der Waals surface area contributed by atoms with Gasteiger partial charge in [0, 0.05) is 22.3 Å². The van der Waals surface area contributed by atoms with Crippen LogP contribution in [0.4, 0.5) is 5.69 Å². The normalized spacial score (nSPS) is 10.4. The van der Waals surface area contributed by atoms with Crippen LogP contribution >= 0.6 is 35.4 Å². The minimum absolute atomic E-state index is 0.605. The lowest BCUT2D eigenvalue weighted by molar-refractivity contribution is 0.873. The van der Waals surface area contributed by atoms with Crippen molar-refractivity contribution in [1.82, 2.24) is 5.32 Å². The highest BCUT2D eigenvalue weighted by Crippen LogP contribution is 2.21. The first-order chi connectivity index (χ1) is 10.5. The highest BCUT2D eigenvalue weighted by molar-refractivity contribution is 7.80. The number of benzene rings is 2. The summed E-state index contributed by atoms with van der Waals surface area (Å²) in [5.41, 5.74) is 4.54. The van der Waals surface area contributed by atoms with Gasteiger partial charge >= 0.3 is 0 Å². The van der Waals surface area contributed by atoms with Crippen molar-refractivity contribution >= 4 is 46.2 Å². The first-order valence-corrected chi connectivity index (χ1v) is 8.18. The molecule has 0 saturated carbocycles. The zero-order chi connectivity index (χ0) is 16.1. The molecule has 0 aliphatic carbocycles. The van der Waals surface area contributed by atoms with Gasteiger partial charge in [-0.3, -0.25) is 0 Å². The molecule has 0 aromatic heterocycles. The first kappa shape index (κ1) is 17.1. The van der Waals surface area contributed by atoms with E-state index >= 15 is 0 Å². The van der Waals surface area contributed by atoms with E-state index in [0.717, 1.165) is 17.7 Å². The molecule has 2 rings (SSSR count). The average molecular weight is 353 g/mol. The van der Waals surface area contributed by atoms with Gasteiger partial charge in [0.2, 0.25) is 0 Å². The monoisotopic (exact) mass is 352 g/mol. The van der Waals surface area contributed by atoms with Gasteiger partial charge in [-0.05, 0) is 73.4 Å². The lowest BCUT2D eigenvalue weighted by atomic mass is 10.1. The summed E-state index contributed by atoms with van der Waals surface area (Å²) in [6.45, 7) is 4.88. The molecule has 0 saturated heterocycles. The molecule has 116 valence electrons. The summed E-state index contributed by atoms with van der Waals surface area (Å²) in [6.07, 6.45) is 0.782. The molecular weight excluding hydrogens is 335 g/mol. The van der Waals surface area contributed by atoms with Crippen LogP contribution in [-0.2, 0) is 6.42 Å². The molecule has 0 fully saturated rings. The fraction of sp³-hybridized carbons (Fsp3) is 0.235. The first-order valence-electron chi connectivity index (χ1n) is 7.02. The van der Waals surface area contributed by atoms with E-state index in [0.29, 0.717) is 21.7 Å². The lowest BCUT2D eigenvalue weighted by Gasteiger charge is -2.12. The highest BCUT2D eigenvalue weighted by Gasteiger charge is 2.03. The van der Waals surface area contributed by atoms with Crippen LogP contribution in [0, 0.1) is 13.8 Å². The number of hydrogen-bond donors (Lipinski definition) is 2. The largest absolute Gasteiger partial charge is 0.362 e. The second-order valence-electron chi connectivity index (χ2n) is 5.17. The van der Waals surface area contributed by atoms with Crippen molar-refractivity contribution in [1.29, 1.82) is 0 Å². The van der Waals surface area contributed by atoms with Crippen LogP contribution in [0.3, 0.4) is 0 Å². The van der Waals surface area contributed by atoms with Gasteiger partial charge in [-0.1, -0.05) is 35.3 Å². The summed E-state index contributed by atoms with van der Waals surface area (Å²) in [6, 6.07) is 11.7. The van der Waals surface area contributed by atoms with Crippen LogP contribution in [0.2, 0.25) is 10.0 Å². The fourth-order valence-corrected chi connectivity index (χ4v) is 2.75. The Morgan fingerprint density at radius 1 is 1.05 bits per heavy atom. The number of thiocarbonyl (C=S) groups is 1.